The molecule has 1 aliphatic heterocycles. The molecule has 0 radical (unpaired) electrons. The van der Waals surface area contributed by atoms with Crippen LogP contribution in [0.3, 0.4) is 0 Å². The first kappa shape index (κ1) is 13.8. The van der Waals surface area contributed by atoms with Crippen LogP contribution in [-0.2, 0) is 0 Å². The Labute approximate surface area is 107 Å². The molecule has 0 bridgehead atoms. The topological polar surface area (TPSA) is 52.6 Å². The van der Waals surface area contributed by atoms with E-state index in [1.54, 1.807) is 0 Å². The highest BCUT2D eigenvalue weighted by Crippen LogP contribution is 2.17. The van der Waals surface area contributed by atoms with E-state index in [1.165, 1.54) is 11.9 Å². The summed E-state index contributed by atoms with van der Waals surface area (Å²) in [6.45, 7) is 0.726. The first-order valence-electron chi connectivity index (χ1n) is 5.72. The minimum absolute atomic E-state index is 0.294. The Hall–Kier alpha value is -1.60. The number of hydrogen-bond donors (Lipinski definition) is 2. The van der Waals surface area contributed by atoms with Gasteiger partial charge < -0.3 is 15.3 Å². The van der Waals surface area contributed by atoms with E-state index in [4.69, 9.17) is 0 Å². The van der Waals surface area contributed by atoms with E-state index in [-0.39, 0.29) is 5.56 Å². The molecule has 0 saturated carbocycles. The van der Waals surface area contributed by atoms with Gasteiger partial charge >= 0.3 is 0 Å². The van der Waals surface area contributed by atoms with Crippen molar-refractivity contribution in [3.63, 3.8) is 0 Å². The minimum atomic E-state index is -1.61. The third-order valence-corrected chi connectivity index (χ3v) is 3.20. The van der Waals surface area contributed by atoms with Crippen molar-refractivity contribution in [1.82, 2.24) is 10.2 Å². The van der Waals surface area contributed by atoms with Crippen molar-refractivity contribution in [2.45, 2.75) is 12.1 Å². The minimum Gasteiger partial charge on any atom is -0.390 e. The quantitative estimate of drug-likeness (QED) is 0.773. The van der Waals surface area contributed by atoms with Gasteiger partial charge in [0.25, 0.3) is 5.91 Å². The Morgan fingerprint density at radius 3 is 2.37 bits per heavy atom. The van der Waals surface area contributed by atoms with Gasteiger partial charge in [0.15, 0.2) is 17.5 Å². The summed E-state index contributed by atoms with van der Waals surface area (Å²) >= 11 is 0. The molecule has 4 nitrogen and oxygen atoms in total. The number of likely N-dealkylation sites (N-methyl/N-ethyl adjacent to an activating group) is 1. The SMILES string of the molecule is CN(C(=O)c1cc(F)c(F)c(F)c1)[C@@H]1CNC[C@H]1O. The molecule has 0 aromatic heterocycles. The van der Waals surface area contributed by atoms with E-state index >= 15 is 0 Å². The van der Waals surface area contributed by atoms with Crippen LogP contribution in [0.25, 0.3) is 0 Å². The third kappa shape index (κ3) is 2.57. The Morgan fingerprint density at radius 2 is 1.89 bits per heavy atom. The summed E-state index contributed by atoms with van der Waals surface area (Å²) in [5.41, 5.74) is -0.294. The standard InChI is InChI=1S/C12H13F3N2O2/c1-17(9-4-16-5-10(9)18)12(19)6-2-7(13)11(15)8(14)3-6/h2-3,9-10,16,18H,4-5H2,1H3/t9-,10-/m1/s1. The van der Waals surface area contributed by atoms with Crippen molar-refractivity contribution >= 4 is 5.91 Å². The van der Waals surface area contributed by atoms with Crippen LogP contribution in [0, 0.1) is 17.5 Å². The van der Waals surface area contributed by atoms with Crippen LogP contribution in [-0.4, -0.2) is 48.2 Å². The zero-order chi connectivity index (χ0) is 14.2. The Balaban J connectivity index is 2.24. The second-order valence-corrected chi connectivity index (χ2v) is 4.46. The highest BCUT2D eigenvalue weighted by Gasteiger charge is 2.32. The molecule has 1 heterocycles. The van der Waals surface area contributed by atoms with Gasteiger partial charge in [0.1, 0.15) is 0 Å². The third-order valence-electron chi connectivity index (χ3n) is 3.20. The lowest BCUT2D eigenvalue weighted by molar-refractivity contribution is 0.0580. The van der Waals surface area contributed by atoms with Gasteiger partial charge in [-0.3, -0.25) is 4.79 Å². The predicted octanol–water partition coefficient (Wildman–Crippen LogP) is 0.509. The first-order chi connectivity index (χ1) is 8.91. The van der Waals surface area contributed by atoms with Gasteiger partial charge in [-0.2, -0.15) is 0 Å². The van der Waals surface area contributed by atoms with Crippen LogP contribution in [0.15, 0.2) is 12.1 Å². The lowest BCUT2D eigenvalue weighted by Gasteiger charge is -2.26. The molecule has 1 amide bonds. The molecule has 1 fully saturated rings. The maximum atomic E-state index is 13.1. The summed E-state index contributed by atoms with van der Waals surface area (Å²) in [6, 6.07) is 0.807. The summed E-state index contributed by atoms with van der Waals surface area (Å²) in [5, 5.41) is 12.5. The van der Waals surface area contributed by atoms with E-state index in [0.29, 0.717) is 25.2 Å². The molecule has 1 saturated heterocycles. The molecule has 19 heavy (non-hydrogen) atoms. The van der Waals surface area contributed by atoms with Crippen molar-refractivity contribution in [3.05, 3.63) is 35.1 Å². The average molecular weight is 274 g/mol. The van der Waals surface area contributed by atoms with Crippen molar-refractivity contribution < 1.29 is 23.1 Å². The van der Waals surface area contributed by atoms with Gasteiger partial charge in [0.2, 0.25) is 0 Å². The molecule has 2 N–H and O–H groups in total. The normalized spacial score (nSPS) is 22.6. The number of aliphatic hydroxyl groups excluding tert-OH is 1. The fourth-order valence-corrected chi connectivity index (χ4v) is 2.08. The molecule has 1 aromatic rings. The fraction of sp³-hybridized carbons (Fsp3) is 0.417. The number of nitrogens with one attached hydrogen (secondary N) is 1. The van der Waals surface area contributed by atoms with E-state index < -0.39 is 35.5 Å². The molecular weight excluding hydrogens is 261 g/mol. The second kappa shape index (κ2) is 5.18. The lowest BCUT2D eigenvalue weighted by Crippen LogP contribution is -2.44. The highest BCUT2D eigenvalue weighted by molar-refractivity contribution is 5.94. The molecule has 0 aliphatic carbocycles. The summed E-state index contributed by atoms with van der Waals surface area (Å²) < 4.78 is 39.0. The van der Waals surface area contributed by atoms with Crippen molar-refractivity contribution in [3.8, 4) is 0 Å². The fourth-order valence-electron chi connectivity index (χ4n) is 2.08. The molecule has 1 aromatic carbocycles. The van der Waals surface area contributed by atoms with Crippen LogP contribution in [0.5, 0.6) is 0 Å². The van der Waals surface area contributed by atoms with Crippen molar-refractivity contribution in [2.24, 2.45) is 0 Å². The monoisotopic (exact) mass is 274 g/mol. The highest BCUT2D eigenvalue weighted by atomic mass is 19.2. The second-order valence-electron chi connectivity index (χ2n) is 4.46. The molecule has 104 valence electrons. The van der Waals surface area contributed by atoms with Crippen molar-refractivity contribution in [2.75, 3.05) is 20.1 Å². The predicted molar refractivity (Wildman–Crippen MR) is 61.1 cm³/mol. The number of β-amino-alcohol motifs (C(OH)–C–C–N with tert-alkyl or cyclic N) is 1. The first-order valence-corrected chi connectivity index (χ1v) is 5.72. The molecule has 0 unspecified atom stereocenters. The summed E-state index contributed by atoms with van der Waals surface area (Å²) in [4.78, 5) is 13.2. The van der Waals surface area contributed by atoms with Crippen LogP contribution in [0.2, 0.25) is 0 Å². The van der Waals surface area contributed by atoms with E-state index in [2.05, 4.69) is 5.32 Å². The molecule has 2 rings (SSSR count). The lowest BCUT2D eigenvalue weighted by atomic mass is 10.1. The van der Waals surface area contributed by atoms with Gasteiger partial charge in [-0.15, -0.1) is 0 Å². The number of rotatable bonds is 2. The van der Waals surface area contributed by atoms with Gasteiger partial charge in [-0.1, -0.05) is 0 Å². The Morgan fingerprint density at radius 1 is 1.32 bits per heavy atom. The Bertz CT molecular complexity index is 487. The smallest absolute Gasteiger partial charge is 0.254 e. The maximum Gasteiger partial charge on any atom is 0.254 e. The van der Waals surface area contributed by atoms with Gasteiger partial charge in [0.05, 0.1) is 12.1 Å². The summed E-state index contributed by atoms with van der Waals surface area (Å²) in [7, 11) is 1.42. The number of benzene rings is 1. The van der Waals surface area contributed by atoms with Gasteiger partial charge in [-0.05, 0) is 12.1 Å². The van der Waals surface area contributed by atoms with Gasteiger partial charge in [0, 0.05) is 25.7 Å². The number of aliphatic hydroxyl groups is 1. The molecular formula is C12H13F3N2O2. The van der Waals surface area contributed by atoms with Crippen LogP contribution < -0.4 is 5.32 Å². The summed E-state index contributed by atoms with van der Waals surface area (Å²) in [5.74, 6) is -5.11. The number of amides is 1. The molecule has 2 atom stereocenters. The molecule has 1 aliphatic rings. The van der Waals surface area contributed by atoms with Crippen LogP contribution in [0.4, 0.5) is 13.2 Å². The average Bonchev–Trinajstić information content (AvgIpc) is 2.79. The largest absolute Gasteiger partial charge is 0.390 e. The summed E-state index contributed by atoms with van der Waals surface area (Å²) in [6.07, 6.45) is -0.746. The number of halogens is 3. The molecule has 0 spiro atoms. The van der Waals surface area contributed by atoms with E-state index in [0.717, 1.165) is 0 Å². The zero-order valence-electron chi connectivity index (χ0n) is 10.2. The van der Waals surface area contributed by atoms with Crippen LogP contribution >= 0.6 is 0 Å². The zero-order valence-corrected chi connectivity index (χ0v) is 10.2. The van der Waals surface area contributed by atoms with Crippen LogP contribution in [0.1, 0.15) is 10.4 Å². The van der Waals surface area contributed by atoms with Crippen molar-refractivity contribution in [1.29, 1.82) is 0 Å². The Kier molecular flexibility index (Phi) is 3.77. The molecule has 7 heteroatoms. The number of hydrogen-bond acceptors (Lipinski definition) is 3. The number of carbonyl (C=O) groups excluding carboxylic acids is 1. The van der Waals surface area contributed by atoms with Gasteiger partial charge in [-0.25, -0.2) is 13.2 Å². The maximum absolute atomic E-state index is 13.1. The number of carbonyl (C=O) groups is 1. The van der Waals surface area contributed by atoms with E-state index in [1.807, 2.05) is 0 Å². The number of nitrogens with zero attached hydrogens (tertiary/aromatic N) is 1. The van der Waals surface area contributed by atoms with E-state index in [9.17, 15) is 23.1 Å².